The predicted octanol–water partition coefficient (Wildman–Crippen LogP) is 2.36. The smallest absolute Gasteiger partial charge is 0.332 e. The van der Waals surface area contributed by atoms with Gasteiger partial charge in [-0.15, -0.1) is 0 Å². The van der Waals surface area contributed by atoms with Crippen molar-refractivity contribution in [3.8, 4) is 0 Å². The summed E-state index contributed by atoms with van der Waals surface area (Å²) in [6, 6.07) is 15.0. The van der Waals surface area contributed by atoms with Gasteiger partial charge in [-0.2, -0.15) is 0 Å². The average Bonchev–Trinajstić information content (AvgIpc) is 2.55. The molecule has 0 amide bonds. The van der Waals surface area contributed by atoms with E-state index in [9.17, 15) is 23.4 Å². The van der Waals surface area contributed by atoms with Gasteiger partial charge in [0, 0.05) is 24.9 Å². The summed E-state index contributed by atoms with van der Waals surface area (Å²) in [7, 11) is -3.33. The van der Waals surface area contributed by atoms with Crippen LogP contribution in [-0.2, 0) is 14.6 Å². The molecule has 5 nitrogen and oxygen atoms in total. The summed E-state index contributed by atoms with van der Waals surface area (Å²) in [5.74, 6) is -1.12. The fourth-order valence-electron chi connectivity index (χ4n) is 2.44. The van der Waals surface area contributed by atoms with Crippen LogP contribution in [0.25, 0.3) is 5.57 Å². The van der Waals surface area contributed by atoms with Crippen LogP contribution in [0.1, 0.15) is 17.5 Å². The van der Waals surface area contributed by atoms with E-state index in [4.69, 9.17) is 0 Å². The van der Waals surface area contributed by atoms with Crippen molar-refractivity contribution in [2.45, 2.75) is 11.3 Å². The van der Waals surface area contributed by atoms with E-state index in [1.165, 1.54) is 12.1 Å². The van der Waals surface area contributed by atoms with Crippen molar-refractivity contribution >= 4 is 21.4 Å². The molecule has 0 aromatic heterocycles. The summed E-state index contributed by atoms with van der Waals surface area (Å²) in [5, 5.41) is 18.7. The first-order chi connectivity index (χ1) is 11.3. The molecule has 0 spiro atoms. The second-order valence-electron chi connectivity index (χ2n) is 5.29. The third-order valence-electron chi connectivity index (χ3n) is 3.56. The largest absolute Gasteiger partial charge is 0.478 e. The van der Waals surface area contributed by atoms with Gasteiger partial charge in [-0.05, 0) is 28.8 Å². The second kappa shape index (κ2) is 7.42. The predicted molar refractivity (Wildman–Crippen MR) is 91.4 cm³/mol. The first-order valence-electron chi connectivity index (χ1n) is 7.28. The standard InChI is InChI=1S/C18H18O5S/c1-24(22,23)15-9-7-14(8-10-15)17(13-5-3-2-4-6-13)16(11-12-19)18(20)21/h2-10,19H,11-12H2,1H3,(H,20,21). The first-order valence-corrected chi connectivity index (χ1v) is 9.17. The molecule has 24 heavy (non-hydrogen) atoms. The summed E-state index contributed by atoms with van der Waals surface area (Å²) in [6.45, 7) is -0.292. The van der Waals surface area contributed by atoms with Crippen LogP contribution >= 0.6 is 0 Å². The maximum atomic E-state index is 11.6. The number of rotatable bonds is 6. The van der Waals surface area contributed by atoms with Gasteiger partial charge in [0.05, 0.1) is 4.90 Å². The van der Waals surface area contributed by atoms with E-state index in [2.05, 4.69) is 0 Å². The normalized spacial score (nSPS) is 12.6. The quantitative estimate of drug-likeness (QED) is 0.784. The number of carboxylic acids is 1. The molecule has 0 bridgehead atoms. The summed E-state index contributed by atoms with van der Waals surface area (Å²) < 4.78 is 23.2. The van der Waals surface area contributed by atoms with Gasteiger partial charge in [0.25, 0.3) is 0 Å². The summed E-state index contributed by atoms with van der Waals surface area (Å²) in [4.78, 5) is 11.8. The van der Waals surface area contributed by atoms with Crippen molar-refractivity contribution in [2.75, 3.05) is 12.9 Å². The van der Waals surface area contributed by atoms with Crippen LogP contribution in [0.2, 0.25) is 0 Å². The molecule has 0 aliphatic carbocycles. The third kappa shape index (κ3) is 4.10. The van der Waals surface area contributed by atoms with E-state index in [-0.39, 0.29) is 23.5 Å². The Morgan fingerprint density at radius 3 is 1.96 bits per heavy atom. The Hall–Kier alpha value is -2.44. The van der Waals surface area contributed by atoms with Crippen molar-refractivity contribution in [1.82, 2.24) is 0 Å². The number of aliphatic hydroxyl groups is 1. The average molecular weight is 346 g/mol. The van der Waals surface area contributed by atoms with Gasteiger partial charge >= 0.3 is 5.97 Å². The third-order valence-corrected chi connectivity index (χ3v) is 4.68. The molecule has 0 unspecified atom stereocenters. The number of carboxylic acid groups (broad SMARTS) is 1. The van der Waals surface area contributed by atoms with Crippen LogP contribution in [-0.4, -0.2) is 37.5 Å². The summed E-state index contributed by atoms with van der Waals surface area (Å²) in [6.07, 6.45) is 1.11. The number of hydrogen-bond acceptors (Lipinski definition) is 4. The number of sulfone groups is 1. The molecule has 0 aliphatic rings. The van der Waals surface area contributed by atoms with Gasteiger partial charge in [-0.25, -0.2) is 13.2 Å². The van der Waals surface area contributed by atoms with Crippen LogP contribution in [0.15, 0.2) is 65.1 Å². The Morgan fingerprint density at radius 1 is 0.958 bits per heavy atom. The van der Waals surface area contributed by atoms with Crippen molar-refractivity contribution in [3.63, 3.8) is 0 Å². The molecule has 0 saturated carbocycles. The number of aliphatic hydroxyl groups excluding tert-OH is 1. The lowest BCUT2D eigenvalue weighted by Crippen LogP contribution is -2.07. The van der Waals surface area contributed by atoms with Crippen LogP contribution in [0.5, 0.6) is 0 Å². The van der Waals surface area contributed by atoms with Gasteiger partial charge < -0.3 is 10.2 Å². The van der Waals surface area contributed by atoms with Crippen LogP contribution < -0.4 is 0 Å². The number of aliphatic carboxylic acids is 1. The number of benzene rings is 2. The molecule has 126 valence electrons. The van der Waals surface area contributed by atoms with Gasteiger partial charge in [0.15, 0.2) is 9.84 Å². The minimum atomic E-state index is -3.33. The Morgan fingerprint density at radius 2 is 1.50 bits per heavy atom. The number of carbonyl (C=O) groups is 1. The van der Waals surface area contributed by atoms with Crippen LogP contribution in [0, 0.1) is 0 Å². The fraction of sp³-hybridized carbons (Fsp3) is 0.167. The Bertz CT molecular complexity index is 850. The topological polar surface area (TPSA) is 91.7 Å². The lowest BCUT2D eigenvalue weighted by Gasteiger charge is -2.13. The second-order valence-corrected chi connectivity index (χ2v) is 7.31. The molecule has 0 saturated heterocycles. The molecule has 6 heteroatoms. The van der Waals surface area contributed by atoms with Gasteiger partial charge in [0.1, 0.15) is 0 Å². The maximum Gasteiger partial charge on any atom is 0.332 e. The monoisotopic (exact) mass is 346 g/mol. The highest BCUT2D eigenvalue weighted by molar-refractivity contribution is 7.90. The SMILES string of the molecule is CS(=O)(=O)c1ccc(C(=C(CCO)C(=O)O)c2ccccc2)cc1. The van der Waals surface area contributed by atoms with E-state index in [0.29, 0.717) is 16.7 Å². The molecule has 2 N–H and O–H groups in total. The zero-order valence-corrected chi connectivity index (χ0v) is 14.0. The van der Waals surface area contributed by atoms with E-state index < -0.39 is 15.8 Å². The van der Waals surface area contributed by atoms with Crippen LogP contribution in [0.4, 0.5) is 0 Å². The molecule has 2 aromatic rings. The molecular formula is C18H18O5S. The zero-order valence-electron chi connectivity index (χ0n) is 13.1. The maximum absolute atomic E-state index is 11.6. The van der Waals surface area contributed by atoms with Crippen molar-refractivity contribution < 1.29 is 23.4 Å². The van der Waals surface area contributed by atoms with E-state index in [1.807, 2.05) is 6.07 Å². The fourth-order valence-corrected chi connectivity index (χ4v) is 3.07. The Labute approximate surface area is 140 Å². The van der Waals surface area contributed by atoms with Crippen molar-refractivity contribution in [1.29, 1.82) is 0 Å². The van der Waals surface area contributed by atoms with E-state index in [0.717, 1.165) is 6.26 Å². The minimum absolute atomic E-state index is 0.00656. The highest BCUT2D eigenvalue weighted by Crippen LogP contribution is 2.29. The van der Waals surface area contributed by atoms with E-state index in [1.54, 1.807) is 36.4 Å². The molecule has 2 rings (SSSR count). The molecule has 0 heterocycles. The lowest BCUT2D eigenvalue weighted by atomic mass is 9.91. The number of hydrogen-bond donors (Lipinski definition) is 2. The van der Waals surface area contributed by atoms with Gasteiger partial charge in [-0.3, -0.25) is 0 Å². The zero-order chi connectivity index (χ0) is 17.7. The molecule has 0 fully saturated rings. The molecule has 0 aliphatic heterocycles. The molecule has 2 aromatic carbocycles. The molecule has 0 radical (unpaired) electrons. The first kappa shape index (κ1) is 17.9. The highest BCUT2D eigenvalue weighted by atomic mass is 32.2. The Balaban J connectivity index is 2.67. The molecule has 0 atom stereocenters. The highest BCUT2D eigenvalue weighted by Gasteiger charge is 2.18. The Kier molecular flexibility index (Phi) is 5.54. The van der Waals surface area contributed by atoms with Crippen LogP contribution in [0.3, 0.4) is 0 Å². The van der Waals surface area contributed by atoms with E-state index >= 15 is 0 Å². The summed E-state index contributed by atoms with van der Waals surface area (Å²) >= 11 is 0. The minimum Gasteiger partial charge on any atom is -0.478 e. The summed E-state index contributed by atoms with van der Waals surface area (Å²) in [5.41, 5.74) is 1.82. The molecular weight excluding hydrogens is 328 g/mol. The van der Waals surface area contributed by atoms with Gasteiger partial charge in [-0.1, -0.05) is 42.5 Å². The van der Waals surface area contributed by atoms with Crippen molar-refractivity contribution in [3.05, 3.63) is 71.3 Å². The van der Waals surface area contributed by atoms with Gasteiger partial charge in [0.2, 0.25) is 0 Å². The lowest BCUT2D eigenvalue weighted by molar-refractivity contribution is -0.132. The van der Waals surface area contributed by atoms with Crippen molar-refractivity contribution in [2.24, 2.45) is 0 Å².